The molecule has 0 aromatic carbocycles. The van der Waals surface area contributed by atoms with E-state index >= 15 is 0 Å². The Morgan fingerprint density at radius 1 is 1.50 bits per heavy atom. The van der Waals surface area contributed by atoms with Crippen LogP contribution in [0, 0.1) is 11.8 Å². The average Bonchev–Trinajstić information content (AvgIpc) is 3.05. The first kappa shape index (κ1) is 11.7. The highest BCUT2D eigenvalue weighted by molar-refractivity contribution is 5.82. The van der Waals surface area contributed by atoms with Crippen molar-refractivity contribution in [3.63, 3.8) is 0 Å². The quantitative estimate of drug-likeness (QED) is 0.725. The van der Waals surface area contributed by atoms with Crippen LogP contribution < -0.4 is 10.6 Å². The van der Waals surface area contributed by atoms with Crippen LogP contribution in [0.15, 0.2) is 12.4 Å². The Kier molecular flexibility index (Phi) is 3.32. The van der Waals surface area contributed by atoms with Crippen LogP contribution in [0.3, 0.4) is 0 Å². The minimum Gasteiger partial charge on any atom is -0.354 e. The van der Waals surface area contributed by atoms with Crippen LogP contribution in [-0.4, -0.2) is 35.0 Å². The van der Waals surface area contributed by atoms with Gasteiger partial charge in [-0.15, -0.1) is 0 Å². The normalized spacial score (nSPS) is 30.3. The largest absolute Gasteiger partial charge is 0.354 e. The van der Waals surface area contributed by atoms with Gasteiger partial charge in [0.25, 0.3) is 0 Å². The van der Waals surface area contributed by atoms with Crippen LogP contribution in [0.25, 0.3) is 0 Å². The molecule has 1 saturated heterocycles. The van der Waals surface area contributed by atoms with E-state index in [0.29, 0.717) is 12.5 Å². The van der Waals surface area contributed by atoms with Crippen LogP contribution in [0.4, 0.5) is 0 Å². The van der Waals surface area contributed by atoms with Gasteiger partial charge in [-0.25, -0.2) is 4.98 Å². The fraction of sp³-hybridized carbons (Fsp3) is 0.692. The van der Waals surface area contributed by atoms with Gasteiger partial charge in [-0.05, 0) is 31.2 Å². The second-order valence-electron chi connectivity index (χ2n) is 5.32. The third kappa shape index (κ3) is 2.27. The van der Waals surface area contributed by atoms with Crippen molar-refractivity contribution in [1.29, 1.82) is 0 Å². The fourth-order valence-corrected chi connectivity index (χ4v) is 3.32. The summed E-state index contributed by atoms with van der Waals surface area (Å²) in [6.07, 6.45) is 8.08. The van der Waals surface area contributed by atoms with Gasteiger partial charge in [0, 0.05) is 25.4 Å². The monoisotopic (exact) mass is 248 g/mol. The number of hydrogen-bond acceptors (Lipinski definition) is 3. The van der Waals surface area contributed by atoms with Crippen molar-refractivity contribution in [2.24, 2.45) is 11.8 Å². The van der Waals surface area contributed by atoms with Crippen molar-refractivity contribution in [3.8, 4) is 0 Å². The maximum Gasteiger partial charge on any atom is 0.237 e. The highest BCUT2D eigenvalue weighted by atomic mass is 16.2. The van der Waals surface area contributed by atoms with Gasteiger partial charge in [-0.1, -0.05) is 6.42 Å². The van der Waals surface area contributed by atoms with Crippen molar-refractivity contribution in [2.45, 2.75) is 31.7 Å². The number of nitrogens with one attached hydrogen (secondary N) is 3. The first-order valence-corrected chi connectivity index (χ1v) is 6.84. The average molecular weight is 248 g/mol. The summed E-state index contributed by atoms with van der Waals surface area (Å²) in [6, 6.07) is 0.0362. The molecule has 2 heterocycles. The fourth-order valence-electron chi connectivity index (χ4n) is 3.32. The van der Waals surface area contributed by atoms with Gasteiger partial charge in [0.1, 0.15) is 5.82 Å². The van der Waals surface area contributed by atoms with Gasteiger partial charge in [0.15, 0.2) is 0 Å². The van der Waals surface area contributed by atoms with E-state index in [1.165, 1.54) is 19.3 Å². The number of H-pyrrole nitrogens is 1. The highest BCUT2D eigenvalue weighted by Crippen LogP contribution is 2.37. The molecule has 3 unspecified atom stereocenters. The molecule has 5 nitrogen and oxygen atoms in total. The molecule has 2 fully saturated rings. The summed E-state index contributed by atoms with van der Waals surface area (Å²) in [6.45, 7) is 1.67. The molecule has 1 aromatic rings. The molecular formula is C13H20N4O. The molecule has 1 aromatic heterocycles. The maximum absolute atomic E-state index is 12.1. The van der Waals surface area contributed by atoms with Crippen molar-refractivity contribution in [1.82, 2.24) is 20.6 Å². The van der Waals surface area contributed by atoms with Crippen LogP contribution in [0.2, 0.25) is 0 Å². The minimum absolute atomic E-state index is 0.0362. The second-order valence-corrected chi connectivity index (χ2v) is 5.32. The number of aromatic amines is 1. The molecular weight excluding hydrogens is 228 g/mol. The number of carbonyl (C=O) groups excluding carboxylic acids is 1. The van der Waals surface area contributed by atoms with E-state index in [1.807, 2.05) is 0 Å². The Balaban J connectivity index is 1.47. The summed E-state index contributed by atoms with van der Waals surface area (Å²) in [4.78, 5) is 19.3. The van der Waals surface area contributed by atoms with Gasteiger partial charge in [-0.3, -0.25) is 4.79 Å². The molecule has 1 saturated carbocycles. The zero-order chi connectivity index (χ0) is 12.4. The van der Waals surface area contributed by atoms with E-state index in [0.717, 1.165) is 24.7 Å². The van der Waals surface area contributed by atoms with E-state index in [9.17, 15) is 4.79 Å². The van der Waals surface area contributed by atoms with E-state index in [4.69, 9.17) is 0 Å². The minimum atomic E-state index is 0.0362. The molecule has 3 atom stereocenters. The zero-order valence-corrected chi connectivity index (χ0v) is 10.5. The van der Waals surface area contributed by atoms with Gasteiger partial charge < -0.3 is 15.6 Å². The molecule has 5 heteroatoms. The number of imidazole rings is 1. The molecule has 3 rings (SSSR count). The van der Waals surface area contributed by atoms with Gasteiger partial charge in [0.05, 0.1) is 6.04 Å². The third-order valence-corrected chi connectivity index (χ3v) is 4.24. The molecule has 2 aliphatic rings. The van der Waals surface area contributed by atoms with Crippen LogP contribution in [0.1, 0.15) is 25.1 Å². The lowest BCUT2D eigenvalue weighted by Crippen LogP contribution is -2.44. The predicted molar refractivity (Wildman–Crippen MR) is 67.9 cm³/mol. The number of fused-ring (bicyclic) bond motifs is 1. The summed E-state index contributed by atoms with van der Waals surface area (Å²) < 4.78 is 0. The Bertz CT molecular complexity index is 403. The van der Waals surface area contributed by atoms with Crippen molar-refractivity contribution in [2.75, 3.05) is 13.1 Å². The lowest BCUT2D eigenvalue weighted by Gasteiger charge is -2.17. The smallest absolute Gasteiger partial charge is 0.237 e. The van der Waals surface area contributed by atoms with Gasteiger partial charge in [0.2, 0.25) is 5.91 Å². The predicted octanol–water partition coefficient (Wildman–Crippen LogP) is 0.456. The SMILES string of the molecule is O=C(NCCc1ncc[nH]1)C1NCC2CCCC21. The van der Waals surface area contributed by atoms with E-state index in [1.54, 1.807) is 12.4 Å². The molecule has 3 N–H and O–H groups in total. The van der Waals surface area contributed by atoms with Crippen molar-refractivity contribution >= 4 is 5.91 Å². The summed E-state index contributed by atoms with van der Waals surface area (Å²) in [5, 5.41) is 6.38. The number of nitrogens with zero attached hydrogens (tertiary/aromatic N) is 1. The summed E-state index contributed by atoms with van der Waals surface area (Å²) in [5.41, 5.74) is 0. The Morgan fingerprint density at radius 2 is 2.44 bits per heavy atom. The van der Waals surface area contributed by atoms with Crippen molar-refractivity contribution in [3.05, 3.63) is 18.2 Å². The molecule has 0 radical (unpaired) electrons. The van der Waals surface area contributed by atoms with Crippen LogP contribution >= 0.6 is 0 Å². The molecule has 1 aliphatic heterocycles. The van der Waals surface area contributed by atoms with Crippen LogP contribution in [-0.2, 0) is 11.2 Å². The number of amides is 1. The number of rotatable bonds is 4. The summed E-state index contributed by atoms with van der Waals surface area (Å²) >= 11 is 0. The van der Waals surface area contributed by atoms with E-state index < -0.39 is 0 Å². The first-order valence-electron chi connectivity index (χ1n) is 6.84. The topological polar surface area (TPSA) is 69.8 Å². The maximum atomic E-state index is 12.1. The van der Waals surface area contributed by atoms with Crippen molar-refractivity contribution < 1.29 is 4.79 Å². The molecule has 18 heavy (non-hydrogen) atoms. The van der Waals surface area contributed by atoms with Gasteiger partial charge >= 0.3 is 0 Å². The summed E-state index contributed by atoms with van der Waals surface area (Å²) in [5.74, 6) is 2.38. The lowest BCUT2D eigenvalue weighted by molar-refractivity contribution is -0.123. The summed E-state index contributed by atoms with van der Waals surface area (Å²) in [7, 11) is 0. The van der Waals surface area contributed by atoms with E-state index in [-0.39, 0.29) is 11.9 Å². The molecule has 1 aliphatic carbocycles. The number of carbonyl (C=O) groups is 1. The lowest BCUT2D eigenvalue weighted by atomic mass is 9.93. The Labute approximate surface area is 107 Å². The number of aromatic nitrogens is 2. The molecule has 98 valence electrons. The molecule has 0 bridgehead atoms. The Morgan fingerprint density at radius 3 is 3.28 bits per heavy atom. The molecule has 0 spiro atoms. The van der Waals surface area contributed by atoms with E-state index in [2.05, 4.69) is 20.6 Å². The molecule has 1 amide bonds. The van der Waals surface area contributed by atoms with Gasteiger partial charge in [-0.2, -0.15) is 0 Å². The second kappa shape index (κ2) is 5.10. The standard InChI is InChI=1S/C13H20N4O/c18-13(16-5-4-11-14-6-7-15-11)12-10-3-1-2-9(10)8-17-12/h6-7,9-10,12,17H,1-5,8H2,(H,14,15)(H,16,18). The highest BCUT2D eigenvalue weighted by Gasteiger charge is 2.42. The number of hydrogen-bond donors (Lipinski definition) is 3. The first-order chi connectivity index (χ1) is 8.84. The third-order valence-electron chi connectivity index (χ3n) is 4.24. The van der Waals surface area contributed by atoms with Crippen LogP contribution in [0.5, 0.6) is 0 Å². The Hall–Kier alpha value is -1.36. The zero-order valence-electron chi connectivity index (χ0n) is 10.5.